The van der Waals surface area contributed by atoms with E-state index in [1.807, 2.05) is 40.4 Å². The Morgan fingerprint density at radius 1 is 0.955 bits per heavy atom. The molecule has 1 N–H and O–H groups in total. The first-order valence-corrected chi connectivity index (χ1v) is 15.1. The number of carboxylic acid groups (broad SMARTS) is 1. The van der Waals surface area contributed by atoms with Gasteiger partial charge in [-0.25, -0.2) is 9.97 Å². The largest absolute Gasteiger partial charge is 0.481 e. The Balaban J connectivity index is 1.28. The van der Waals surface area contributed by atoms with Gasteiger partial charge in [-0.2, -0.15) is 9.97 Å². The van der Waals surface area contributed by atoms with Crippen molar-refractivity contribution in [3.63, 3.8) is 0 Å². The summed E-state index contributed by atoms with van der Waals surface area (Å²) in [5.41, 5.74) is 3.13. The van der Waals surface area contributed by atoms with E-state index in [4.69, 9.17) is 29.8 Å². The molecule has 0 bridgehead atoms. The van der Waals surface area contributed by atoms with Gasteiger partial charge in [0.2, 0.25) is 17.8 Å². The molecule has 2 aliphatic rings. The highest BCUT2D eigenvalue weighted by Gasteiger charge is 2.29. The maximum atomic E-state index is 13.1. The molecule has 14 nitrogen and oxygen atoms in total. The number of imidazole rings is 2. The normalized spacial score (nSPS) is 16.0. The van der Waals surface area contributed by atoms with Gasteiger partial charge in [-0.1, -0.05) is 19.1 Å². The standard InChI is InChI=1S/C30H37N9O5/c1-3-22-31-20-8-4-5-9-21(20)39(22)30-33-28-27(29(34-30)36-14-16-44-17-15-36)32-23(35(28)2)18-37-12-13-38(19-25(37)41)24(40)10-6-7-11-26(42)43/h4-5,8-9H,3,6-7,10-19H2,1-2H3,(H,42,43). The molecule has 0 radical (unpaired) electrons. The van der Waals surface area contributed by atoms with Crippen molar-refractivity contribution >= 4 is 45.8 Å². The first-order chi connectivity index (χ1) is 21.3. The van der Waals surface area contributed by atoms with E-state index < -0.39 is 5.97 Å². The number of nitrogens with zero attached hydrogens (tertiary/aromatic N) is 9. The number of carboxylic acids is 1. The third-order valence-corrected chi connectivity index (χ3v) is 8.27. The minimum atomic E-state index is -0.872. The number of carbonyl (C=O) groups excluding carboxylic acids is 2. The number of amides is 2. The molecule has 14 heteroatoms. The van der Waals surface area contributed by atoms with Crippen LogP contribution in [0.3, 0.4) is 0 Å². The Bertz CT molecular complexity index is 1710. The van der Waals surface area contributed by atoms with Gasteiger partial charge in [0.15, 0.2) is 17.0 Å². The minimum absolute atomic E-state index is 0.00180. The minimum Gasteiger partial charge on any atom is -0.481 e. The van der Waals surface area contributed by atoms with Crippen LogP contribution in [0.1, 0.15) is 44.3 Å². The lowest BCUT2D eigenvalue weighted by Crippen LogP contribution is -2.52. The van der Waals surface area contributed by atoms with Crippen molar-refractivity contribution in [2.45, 2.75) is 45.6 Å². The number of unbranched alkanes of at least 4 members (excludes halogenated alkanes) is 1. The molecule has 0 atom stereocenters. The molecule has 2 fully saturated rings. The van der Waals surface area contributed by atoms with Gasteiger partial charge in [0, 0.05) is 52.5 Å². The van der Waals surface area contributed by atoms with Crippen LogP contribution in [0.2, 0.25) is 0 Å². The highest BCUT2D eigenvalue weighted by atomic mass is 16.5. The van der Waals surface area contributed by atoms with Gasteiger partial charge in [-0.05, 0) is 25.0 Å². The van der Waals surface area contributed by atoms with Crippen molar-refractivity contribution in [1.29, 1.82) is 0 Å². The van der Waals surface area contributed by atoms with Crippen LogP contribution in [0.15, 0.2) is 24.3 Å². The number of anilines is 1. The maximum Gasteiger partial charge on any atom is 0.303 e. The molecule has 5 heterocycles. The van der Waals surface area contributed by atoms with Gasteiger partial charge >= 0.3 is 5.97 Å². The Kier molecular flexibility index (Phi) is 8.42. The summed E-state index contributed by atoms with van der Waals surface area (Å²) in [6.07, 6.45) is 1.91. The Labute approximate surface area is 254 Å². The molecular formula is C30H37N9O5. The smallest absolute Gasteiger partial charge is 0.303 e. The van der Waals surface area contributed by atoms with E-state index in [0.717, 1.165) is 22.7 Å². The summed E-state index contributed by atoms with van der Waals surface area (Å²) >= 11 is 0. The van der Waals surface area contributed by atoms with E-state index in [1.165, 1.54) is 0 Å². The number of para-hydroxylation sites is 2. The van der Waals surface area contributed by atoms with Crippen LogP contribution in [0, 0.1) is 0 Å². The van der Waals surface area contributed by atoms with Crippen molar-refractivity contribution in [3.05, 3.63) is 35.9 Å². The van der Waals surface area contributed by atoms with E-state index in [1.54, 1.807) is 9.80 Å². The zero-order valence-corrected chi connectivity index (χ0v) is 25.1. The van der Waals surface area contributed by atoms with E-state index >= 15 is 0 Å². The fourth-order valence-electron chi connectivity index (χ4n) is 5.82. The summed E-state index contributed by atoms with van der Waals surface area (Å²) in [4.78, 5) is 61.8. The first-order valence-electron chi connectivity index (χ1n) is 15.1. The van der Waals surface area contributed by atoms with Gasteiger partial charge in [0.1, 0.15) is 11.6 Å². The zero-order chi connectivity index (χ0) is 30.8. The average molecular weight is 604 g/mol. The highest BCUT2D eigenvalue weighted by Crippen LogP contribution is 2.29. The third kappa shape index (κ3) is 5.81. The number of hydrogen-bond donors (Lipinski definition) is 1. The van der Waals surface area contributed by atoms with Gasteiger partial charge in [-0.15, -0.1) is 0 Å². The number of rotatable bonds is 10. The predicted octanol–water partition coefficient (Wildman–Crippen LogP) is 1.92. The molecule has 0 aliphatic carbocycles. The highest BCUT2D eigenvalue weighted by molar-refractivity contribution is 5.87. The monoisotopic (exact) mass is 603 g/mol. The second-order valence-electron chi connectivity index (χ2n) is 11.1. The molecule has 3 aromatic heterocycles. The second kappa shape index (κ2) is 12.6. The summed E-state index contributed by atoms with van der Waals surface area (Å²) in [6, 6.07) is 7.95. The molecule has 2 saturated heterocycles. The summed E-state index contributed by atoms with van der Waals surface area (Å²) in [5, 5.41) is 8.81. The molecule has 4 aromatic rings. The van der Waals surface area contributed by atoms with Gasteiger partial charge in [0.05, 0.1) is 37.3 Å². The Morgan fingerprint density at radius 3 is 2.48 bits per heavy atom. The molecule has 2 amide bonds. The number of aliphatic carboxylic acids is 1. The number of morpholine rings is 1. The SMILES string of the molecule is CCc1nc2ccccc2n1-c1nc(N2CCOCC2)c2nc(CN3CCN(C(=O)CCCCC(=O)O)CC3=O)n(C)c2n1. The van der Waals surface area contributed by atoms with Crippen molar-refractivity contribution in [1.82, 2.24) is 38.9 Å². The van der Waals surface area contributed by atoms with Crippen LogP contribution >= 0.6 is 0 Å². The van der Waals surface area contributed by atoms with Crippen molar-refractivity contribution in [2.24, 2.45) is 7.05 Å². The lowest BCUT2D eigenvalue weighted by molar-refractivity contribution is -0.145. The van der Waals surface area contributed by atoms with Crippen LogP contribution in [-0.4, -0.2) is 108 Å². The molecule has 0 unspecified atom stereocenters. The van der Waals surface area contributed by atoms with E-state index in [0.29, 0.717) is 81.6 Å². The van der Waals surface area contributed by atoms with Gasteiger partial charge < -0.3 is 29.1 Å². The summed E-state index contributed by atoms with van der Waals surface area (Å²) in [5.74, 6) is 1.63. The van der Waals surface area contributed by atoms with Crippen LogP contribution in [0.4, 0.5) is 5.82 Å². The first kappa shape index (κ1) is 29.5. The summed E-state index contributed by atoms with van der Waals surface area (Å²) in [7, 11) is 1.90. The Hall–Kier alpha value is -4.59. The van der Waals surface area contributed by atoms with Crippen LogP contribution in [-0.2, 0) is 39.1 Å². The topological polar surface area (TPSA) is 152 Å². The third-order valence-electron chi connectivity index (χ3n) is 8.27. The van der Waals surface area contributed by atoms with Gasteiger partial charge in [-0.3, -0.25) is 19.0 Å². The van der Waals surface area contributed by atoms with Crippen LogP contribution in [0.25, 0.3) is 28.1 Å². The van der Waals surface area contributed by atoms with E-state index in [2.05, 4.69) is 11.8 Å². The Morgan fingerprint density at radius 2 is 1.73 bits per heavy atom. The van der Waals surface area contributed by atoms with E-state index in [-0.39, 0.29) is 37.7 Å². The molecular weight excluding hydrogens is 566 g/mol. The second-order valence-corrected chi connectivity index (χ2v) is 11.1. The average Bonchev–Trinajstić information content (AvgIpc) is 3.57. The number of hydrogen-bond acceptors (Lipinski definition) is 9. The van der Waals surface area contributed by atoms with Crippen molar-refractivity contribution < 1.29 is 24.2 Å². The quantitative estimate of drug-likeness (QED) is 0.266. The summed E-state index contributed by atoms with van der Waals surface area (Å²) in [6.45, 7) is 5.67. The number of carbonyl (C=O) groups is 3. The predicted molar refractivity (Wildman–Crippen MR) is 161 cm³/mol. The maximum absolute atomic E-state index is 13.1. The fraction of sp³-hybridized carbons (Fsp3) is 0.500. The zero-order valence-electron chi connectivity index (χ0n) is 25.1. The van der Waals surface area contributed by atoms with Crippen LogP contribution < -0.4 is 4.90 Å². The van der Waals surface area contributed by atoms with Crippen molar-refractivity contribution in [3.8, 4) is 5.95 Å². The number of aryl methyl sites for hydroxylation is 2. The number of aromatic nitrogens is 6. The number of fused-ring (bicyclic) bond motifs is 2. The van der Waals surface area contributed by atoms with Crippen LogP contribution in [0.5, 0.6) is 0 Å². The lowest BCUT2D eigenvalue weighted by atomic mass is 10.1. The molecule has 1 aromatic carbocycles. The molecule has 6 rings (SSSR count). The number of ether oxygens (including phenoxy) is 1. The molecule has 0 spiro atoms. The summed E-state index contributed by atoms with van der Waals surface area (Å²) < 4.78 is 9.54. The lowest BCUT2D eigenvalue weighted by Gasteiger charge is -2.34. The number of piperazine rings is 1. The van der Waals surface area contributed by atoms with Gasteiger partial charge in [0.25, 0.3) is 0 Å². The molecule has 0 saturated carbocycles. The van der Waals surface area contributed by atoms with Crippen molar-refractivity contribution in [2.75, 3.05) is 50.8 Å². The molecule has 232 valence electrons. The number of benzene rings is 1. The van der Waals surface area contributed by atoms with E-state index in [9.17, 15) is 14.4 Å². The molecule has 44 heavy (non-hydrogen) atoms. The molecule has 2 aliphatic heterocycles. The fourth-order valence-corrected chi connectivity index (χ4v) is 5.82.